The number of aromatic nitrogens is 2. The van der Waals surface area contributed by atoms with Crippen LogP contribution in [0.2, 0.25) is 0 Å². The number of nitrogens with one attached hydrogen (secondary N) is 2. The second kappa shape index (κ2) is 8.36. The Bertz CT molecular complexity index is 1060. The molecule has 0 saturated heterocycles. The zero-order chi connectivity index (χ0) is 21.3. The molecule has 0 spiro atoms. The fourth-order valence-electron chi connectivity index (χ4n) is 3.74. The third-order valence-corrected chi connectivity index (χ3v) is 5.53. The first-order valence-corrected chi connectivity index (χ1v) is 9.98. The van der Waals surface area contributed by atoms with Gasteiger partial charge in [0.15, 0.2) is 5.78 Å². The molecule has 4 rings (SSSR count). The molecule has 1 aliphatic carbocycles. The van der Waals surface area contributed by atoms with Crippen molar-refractivity contribution in [3.63, 3.8) is 0 Å². The zero-order valence-corrected chi connectivity index (χ0v) is 16.9. The standard InChI is InChI=1S/C23H24FN3O3/c1-13-9-14(7-8-17(13)24)10-21(28)20(12-30-2)27-23(29)16-11-15(16)22-25-18-5-3-4-6-19(18)26-22/h3-9,15-16,20H,10-12H2,1-2H3,(H,25,26)(H,27,29)/t15-,16-,20?/m0/s1. The van der Waals surface area contributed by atoms with Crippen molar-refractivity contribution < 1.29 is 18.7 Å². The van der Waals surface area contributed by atoms with Gasteiger partial charge in [-0.3, -0.25) is 9.59 Å². The van der Waals surface area contributed by atoms with Crippen molar-refractivity contribution in [2.24, 2.45) is 5.92 Å². The van der Waals surface area contributed by atoms with Crippen molar-refractivity contribution in [1.29, 1.82) is 0 Å². The molecule has 0 radical (unpaired) electrons. The Kier molecular flexibility index (Phi) is 5.63. The number of hydrogen-bond acceptors (Lipinski definition) is 4. The van der Waals surface area contributed by atoms with E-state index in [1.54, 1.807) is 19.1 Å². The van der Waals surface area contributed by atoms with Crippen molar-refractivity contribution in [2.45, 2.75) is 31.7 Å². The molecule has 1 heterocycles. The van der Waals surface area contributed by atoms with Gasteiger partial charge >= 0.3 is 0 Å². The van der Waals surface area contributed by atoms with Crippen LogP contribution in [0.4, 0.5) is 4.39 Å². The summed E-state index contributed by atoms with van der Waals surface area (Å²) in [5.74, 6) is -0.0458. The second-order valence-electron chi connectivity index (χ2n) is 7.83. The number of rotatable bonds is 8. The van der Waals surface area contributed by atoms with E-state index in [0.717, 1.165) is 16.9 Å². The van der Waals surface area contributed by atoms with Crippen molar-refractivity contribution in [1.82, 2.24) is 15.3 Å². The van der Waals surface area contributed by atoms with Gasteiger partial charge in [0.1, 0.15) is 17.7 Å². The van der Waals surface area contributed by atoms with Gasteiger partial charge in [0.25, 0.3) is 0 Å². The summed E-state index contributed by atoms with van der Waals surface area (Å²) >= 11 is 0. The molecule has 1 fully saturated rings. The van der Waals surface area contributed by atoms with Gasteiger partial charge in [-0.25, -0.2) is 9.37 Å². The molecule has 0 aliphatic heterocycles. The summed E-state index contributed by atoms with van der Waals surface area (Å²) < 4.78 is 18.6. The Morgan fingerprint density at radius 2 is 2.10 bits per heavy atom. The molecule has 3 aromatic rings. The summed E-state index contributed by atoms with van der Waals surface area (Å²) in [7, 11) is 1.49. The maximum atomic E-state index is 13.5. The molecule has 1 amide bonds. The van der Waals surface area contributed by atoms with E-state index in [2.05, 4.69) is 15.3 Å². The van der Waals surface area contributed by atoms with E-state index in [1.807, 2.05) is 24.3 Å². The number of Topliss-reactive ketones (excluding diaryl/α,β-unsaturated/α-hetero) is 1. The van der Waals surface area contributed by atoms with Crippen LogP contribution < -0.4 is 5.32 Å². The minimum atomic E-state index is -0.746. The van der Waals surface area contributed by atoms with Crippen molar-refractivity contribution in [3.05, 3.63) is 65.2 Å². The molecule has 1 aliphatic rings. The highest BCUT2D eigenvalue weighted by atomic mass is 19.1. The van der Waals surface area contributed by atoms with Crippen LogP contribution in [0.25, 0.3) is 11.0 Å². The van der Waals surface area contributed by atoms with E-state index in [9.17, 15) is 14.0 Å². The number of ketones is 1. The number of imidazole rings is 1. The van der Waals surface area contributed by atoms with E-state index in [0.29, 0.717) is 17.5 Å². The van der Waals surface area contributed by atoms with E-state index < -0.39 is 6.04 Å². The second-order valence-corrected chi connectivity index (χ2v) is 7.83. The molecule has 30 heavy (non-hydrogen) atoms. The number of aromatic amines is 1. The summed E-state index contributed by atoms with van der Waals surface area (Å²) in [6, 6.07) is 11.6. The fourth-order valence-corrected chi connectivity index (χ4v) is 3.74. The van der Waals surface area contributed by atoms with Gasteiger partial charge in [0, 0.05) is 25.4 Å². The van der Waals surface area contributed by atoms with Crippen LogP contribution in [0.5, 0.6) is 0 Å². The van der Waals surface area contributed by atoms with Crippen molar-refractivity contribution in [3.8, 4) is 0 Å². The Morgan fingerprint density at radius 3 is 2.83 bits per heavy atom. The number of hydrogen-bond donors (Lipinski definition) is 2. The lowest BCUT2D eigenvalue weighted by molar-refractivity contribution is -0.129. The summed E-state index contributed by atoms with van der Waals surface area (Å²) in [6.45, 7) is 1.75. The average Bonchev–Trinajstić information content (AvgIpc) is 3.42. The molecule has 3 atom stereocenters. The number of halogens is 1. The lowest BCUT2D eigenvalue weighted by Gasteiger charge is -2.17. The number of ether oxygens (including phenoxy) is 1. The Labute approximate surface area is 173 Å². The summed E-state index contributed by atoms with van der Waals surface area (Å²) in [5.41, 5.74) is 3.02. The molecule has 2 aromatic carbocycles. The lowest BCUT2D eigenvalue weighted by atomic mass is 10.0. The summed E-state index contributed by atoms with van der Waals surface area (Å²) in [4.78, 5) is 33.3. The van der Waals surface area contributed by atoms with Gasteiger partial charge in [-0.2, -0.15) is 0 Å². The van der Waals surface area contributed by atoms with Crippen LogP contribution in [0.15, 0.2) is 42.5 Å². The largest absolute Gasteiger partial charge is 0.382 e. The van der Waals surface area contributed by atoms with Crippen LogP contribution >= 0.6 is 0 Å². The predicted molar refractivity (Wildman–Crippen MR) is 111 cm³/mol. The fraction of sp³-hybridized carbons (Fsp3) is 0.348. The summed E-state index contributed by atoms with van der Waals surface area (Å²) in [5, 5.41) is 2.83. The molecular weight excluding hydrogens is 385 g/mol. The minimum Gasteiger partial charge on any atom is -0.382 e. The zero-order valence-electron chi connectivity index (χ0n) is 16.9. The van der Waals surface area contributed by atoms with Gasteiger partial charge in [0.2, 0.25) is 5.91 Å². The van der Waals surface area contributed by atoms with E-state index in [-0.39, 0.29) is 42.4 Å². The number of amides is 1. The number of methoxy groups -OCH3 is 1. The third kappa shape index (κ3) is 4.26. The Balaban J connectivity index is 1.39. The molecule has 1 aromatic heterocycles. The average molecular weight is 409 g/mol. The Morgan fingerprint density at radius 1 is 1.30 bits per heavy atom. The molecular formula is C23H24FN3O3. The van der Waals surface area contributed by atoms with E-state index in [1.165, 1.54) is 13.2 Å². The van der Waals surface area contributed by atoms with E-state index >= 15 is 0 Å². The van der Waals surface area contributed by atoms with Gasteiger partial charge in [-0.1, -0.05) is 24.3 Å². The topological polar surface area (TPSA) is 84.1 Å². The Hall–Kier alpha value is -3.06. The van der Waals surface area contributed by atoms with Crippen LogP contribution in [0, 0.1) is 18.7 Å². The number of benzene rings is 2. The number of carbonyl (C=O) groups is 2. The SMILES string of the molecule is COCC(NC(=O)[C@H]1C[C@@H]1c1nc2ccccc2[nH]1)C(=O)Cc1ccc(F)c(C)c1. The highest BCUT2D eigenvalue weighted by Gasteiger charge is 2.46. The van der Waals surface area contributed by atoms with Gasteiger partial charge in [-0.05, 0) is 42.7 Å². The van der Waals surface area contributed by atoms with Crippen LogP contribution in [0.3, 0.4) is 0 Å². The molecule has 1 saturated carbocycles. The highest BCUT2D eigenvalue weighted by Crippen LogP contribution is 2.46. The predicted octanol–water partition coefficient (Wildman–Crippen LogP) is 3.06. The van der Waals surface area contributed by atoms with E-state index in [4.69, 9.17) is 4.74 Å². The number of para-hydroxylation sites is 2. The highest BCUT2D eigenvalue weighted by molar-refractivity contribution is 5.92. The minimum absolute atomic E-state index is 0.0236. The van der Waals surface area contributed by atoms with Gasteiger partial charge < -0.3 is 15.0 Å². The maximum absolute atomic E-state index is 13.5. The molecule has 156 valence electrons. The van der Waals surface area contributed by atoms with Crippen molar-refractivity contribution >= 4 is 22.7 Å². The first-order chi connectivity index (χ1) is 14.5. The lowest BCUT2D eigenvalue weighted by Crippen LogP contribution is -2.45. The smallest absolute Gasteiger partial charge is 0.224 e. The summed E-state index contributed by atoms with van der Waals surface area (Å²) in [6.07, 6.45) is 0.795. The third-order valence-electron chi connectivity index (χ3n) is 5.53. The number of H-pyrrole nitrogens is 1. The van der Waals surface area contributed by atoms with Crippen LogP contribution in [-0.4, -0.2) is 41.4 Å². The number of carbonyl (C=O) groups excluding carboxylic acids is 2. The van der Waals surface area contributed by atoms with Gasteiger partial charge in [0.05, 0.1) is 17.6 Å². The molecule has 6 nitrogen and oxygen atoms in total. The van der Waals surface area contributed by atoms with Crippen molar-refractivity contribution in [2.75, 3.05) is 13.7 Å². The normalized spacial score (nSPS) is 18.9. The number of fused-ring (bicyclic) bond motifs is 1. The monoisotopic (exact) mass is 409 g/mol. The number of aryl methyl sites for hydroxylation is 1. The van der Waals surface area contributed by atoms with Gasteiger partial charge in [-0.15, -0.1) is 0 Å². The van der Waals surface area contributed by atoms with Crippen LogP contribution in [-0.2, 0) is 20.7 Å². The maximum Gasteiger partial charge on any atom is 0.224 e. The molecule has 1 unspecified atom stereocenters. The molecule has 0 bridgehead atoms. The van der Waals surface area contributed by atoms with Crippen LogP contribution in [0.1, 0.15) is 29.3 Å². The quantitative estimate of drug-likeness (QED) is 0.599. The first kappa shape index (κ1) is 20.2. The molecule has 7 heteroatoms. The first-order valence-electron chi connectivity index (χ1n) is 9.98. The molecule has 2 N–H and O–H groups in total. The number of nitrogens with zero attached hydrogens (tertiary/aromatic N) is 1.